The van der Waals surface area contributed by atoms with Gasteiger partial charge in [-0.1, -0.05) is 36.0 Å². The van der Waals surface area contributed by atoms with Crippen molar-refractivity contribution in [1.29, 1.82) is 0 Å². The summed E-state index contributed by atoms with van der Waals surface area (Å²) in [6.07, 6.45) is -1.83. The Morgan fingerprint density at radius 1 is 0.968 bits per heavy atom. The van der Waals surface area contributed by atoms with E-state index < -0.39 is 11.7 Å². The van der Waals surface area contributed by atoms with Gasteiger partial charge in [0.1, 0.15) is 0 Å². The number of alkyl halides is 3. The maximum Gasteiger partial charge on any atom is 0.417 e. The minimum Gasteiger partial charge on any atom is -0.339 e. The van der Waals surface area contributed by atoms with E-state index in [1.165, 1.54) is 25.1 Å². The molecule has 8 heteroatoms. The van der Waals surface area contributed by atoms with Crippen molar-refractivity contribution in [1.82, 2.24) is 9.80 Å². The second-order valence-corrected chi connectivity index (χ2v) is 8.37. The molecule has 0 atom stereocenters. The van der Waals surface area contributed by atoms with Crippen molar-refractivity contribution in [3.63, 3.8) is 0 Å². The highest BCUT2D eigenvalue weighted by Gasteiger charge is 2.34. The molecule has 0 saturated carbocycles. The molecule has 0 bridgehead atoms. The van der Waals surface area contributed by atoms with Crippen LogP contribution >= 0.6 is 11.8 Å². The Balaban J connectivity index is 1.76. The van der Waals surface area contributed by atoms with Crippen LogP contribution in [0.25, 0.3) is 6.08 Å². The molecule has 1 aliphatic rings. The molecule has 0 aromatic heterocycles. The summed E-state index contributed by atoms with van der Waals surface area (Å²) in [6, 6.07) is 11.4. The first-order valence-corrected chi connectivity index (χ1v) is 10.6. The zero-order valence-electron chi connectivity index (χ0n) is 17.3. The van der Waals surface area contributed by atoms with Crippen LogP contribution < -0.4 is 0 Å². The third-order valence-electron chi connectivity index (χ3n) is 5.08. The molecule has 31 heavy (non-hydrogen) atoms. The lowest BCUT2D eigenvalue weighted by molar-refractivity contribution is -0.139. The van der Waals surface area contributed by atoms with Crippen LogP contribution in [-0.2, 0) is 15.8 Å². The van der Waals surface area contributed by atoms with E-state index in [1.54, 1.807) is 28.0 Å². The fraction of sp³-hybridized carbons (Fsp3) is 0.304. The van der Waals surface area contributed by atoms with E-state index in [-0.39, 0.29) is 16.7 Å². The first-order valence-electron chi connectivity index (χ1n) is 9.82. The number of carbonyl (C=O) groups excluding carboxylic acids is 2. The molecule has 1 heterocycles. The Labute approximate surface area is 183 Å². The first kappa shape index (κ1) is 22.9. The number of benzene rings is 2. The number of aryl methyl sites for hydroxylation is 1. The Hall–Kier alpha value is -2.74. The van der Waals surface area contributed by atoms with Gasteiger partial charge in [-0.05, 0) is 42.3 Å². The van der Waals surface area contributed by atoms with Gasteiger partial charge in [0, 0.05) is 49.0 Å². The minimum atomic E-state index is -4.51. The van der Waals surface area contributed by atoms with Gasteiger partial charge >= 0.3 is 6.18 Å². The number of hydrogen-bond acceptors (Lipinski definition) is 3. The number of nitrogens with zero attached hydrogens (tertiary/aromatic N) is 2. The summed E-state index contributed by atoms with van der Waals surface area (Å²) in [5.74, 6) is -0.318. The van der Waals surface area contributed by atoms with E-state index in [0.717, 1.165) is 28.3 Å². The first-order chi connectivity index (χ1) is 14.6. The molecule has 2 amide bonds. The van der Waals surface area contributed by atoms with Gasteiger partial charge in [0.2, 0.25) is 11.8 Å². The lowest BCUT2D eigenvalue weighted by atomic mass is 10.1. The van der Waals surface area contributed by atoms with Crippen LogP contribution in [0.3, 0.4) is 0 Å². The molecule has 1 fully saturated rings. The fourth-order valence-corrected chi connectivity index (χ4v) is 4.30. The molecule has 2 aromatic rings. The quantitative estimate of drug-likeness (QED) is 0.627. The van der Waals surface area contributed by atoms with Crippen LogP contribution in [-0.4, -0.2) is 47.8 Å². The van der Waals surface area contributed by atoms with E-state index in [0.29, 0.717) is 31.7 Å². The molecular weight excluding hydrogens is 425 g/mol. The predicted molar refractivity (Wildman–Crippen MR) is 115 cm³/mol. The number of amides is 2. The summed E-state index contributed by atoms with van der Waals surface area (Å²) < 4.78 is 41.0. The highest BCUT2D eigenvalue weighted by molar-refractivity contribution is 7.99. The standard InChI is InChI=1S/C23H23F3N2O2S/c1-16-5-3-4-6-20(16)31-21-9-7-18(15-19(21)23(24,25)26)8-10-22(30)28-13-11-27(12-14-28)17(2)29/h3-10,15H,11-14H2,1-2H3. The van der Waals surface area contributed by atoms with E-state index in [9.17, 15) is 22.8 Å². The summed E-state index contributed by atoms with van der Waals surface area (Å²) in [4.78, 5) is 27.9. The Morgan fingerprint density at radius 3 is 2.23 bits per heavy atom. The largest absolute Gasteiger partial charge is 0.417 e. The number of piperazine rings is 1. The molecule has 0 spiro atoms. The molecule has 164 valence electrons. The molecule has 1 saturated heterocycles. The highest BCUT2D eigenvalue weighted by Crippen LogP contribution is 2.41. The monoisotopic (exact) mass is 448 g/mol. The molecule has 3 rings (SSSR count). The highest BCUT2D eigenvalue weighted by atomic mass is 32.2. The van der Waals surface area contributed by atoms with E-state index in [4.69, 9.17) is 0 Å². The number of halogens is 3. The average Bonchev–Trinajstić information content (AvgIpc) is 2.73. The van der Waals surface area contributed by atoms with Crippen LogP contribution in [0.5, 0.6) is 0 Å². The third kappa shape index (κ3) is 5.91. The van der Waals surface area contributed by atoms with Crippen molar-refractivity contribution in [3.05, 3.63) is 65.2 Å². The van der Waals surface area contributed by atoms with E-state index in [2.05, 4.69) is 0 Å². The van der Waals surface area contributed by atoms with Crippen molar-refractivity contribution in [3.8, 4) is 0 Å². The van der Waals surface area contributed by atoms with Crippen molar-refractivity contribution in [2.45, 2.75) is 29.8 Å². The maximum absolute atomic E-state index is 13.7. The topological polar surface area (TPSA) is 40.6 Å². The Bertz CT molecular complexity index is 997. The van der Waals surface area contributed by atoms with Crippen LogP contribution in [0.4, 0.5) is 13.2 Å². The molecule has 0 unspecified atom stereocenters. The van der Waals surface area contributed by atoms with Crippen LogP contribution in [0.15, 0.2) is 58.3 Å². The van der Waals surface area contributed by atoms with Gasteiger partial charge in [0.15, 0.2) is 0 Å². The van der Waals surface area contributed by atoms with Gasteiger partial charge in [-0.25, -0.2) is 0 Å². The SMILES string of the molecule is CC(=O)N1CCN(C(=O)C=Cc2ccc(Sc3ccccc3C)c(C(F)(F)F)c2)CC1. The molecular formula is C23H23F3N2O2S. The van der Waals surface area contributed by atoms with Gasteiger partial charge in [-0.15, -0.1) is 0 Å². The number of rotatable bonds is 4. The molecule has 0 N–H and O–H groups in total. The molecule has 2 aromatic carbocycles. The molecule has 1 aliphatic heterocycles. The van der Waals surface area contributed by atoms with Crippen LogP contribution in [0.2, 0.25) is 0 Å². The lowest BCUT2D eigenvalue weighted by Gasteiger charge is -2.33. The van der Waals surface area contributed by atoms with Crippen molar-refractivity contribution in [2.24, 2.45) is 0 Å². The third-order valence-corrected chi connectivity index (χ3v) is 6.33. The van der Waals surface area contributed by atoms with Crippen molar-refractivity contribution in [2.75, 3.05) is 26.2 Å². The normalized spacial score (nSPS) is 14.9. The predicted octanol–water partition coefficient (Wildman–Crippen LogP) is 4.87. The molecule has 0 radical (unpaired) electrons. The van der Waals surface area contributed by atoms with Gasteiger partial charge in [0.25, 0.3) is 0 Å². The van der Waals surface area contributed by atoms with Gasteiger partial charge in [-0.3, -0.25) is 9.59 Å². The van der Waals surface area contributed by atoms with E-state index >= 15 is 0 Å². The smallest absolute Gasteiger partial charge is 0.339 e. The zero-order chi connectivity index (χ0) is 22.6. The van der Waals surface area contributed by atoms with Gasteiger partial charge < -0.3 is 9.80 Å². The van der Waals surface area contributed by atoms with Crippen LogP contribution in [0, 0.1) is 6.92 Å². The van der Waals surface area contributed by atoms with Crippen molar-refractivity contribution >= 4 is 29.7 Å². The maximum atomic E-state index is 13.7. The summed E-state index contributed by atoms with van der Waals surface area (Å²) in [7, 11) is 0. The summed E-state index contributed by atoms with van der Waals surface area (Å²) >= 11 is 1.07. The second kappa shape index (κ2) is 9.60. The zero-order valence-corrected chi connectivity index (χ0v) is 18.1. The van der Waals surface area contributed by atoms with Crippen molar-refractivity contribution < 1.29 is 22.8 Å². The summed E-state index contributed by atoms with van der Waals surface area (Å²) in [5, 5.41) is 0. The summed E-state index contributed by atoms with van der Waals surface area (Å²) in [6.45, 7) is 5.06. The number of hydrogen-bond donors (Lipinski definition) is 0. The fourth-order valence-electron chi connectivity index (χ4n) is 3.27. The Kier molecular flexibility index (Phi) is 7.10. The van der Waals surface area contributed by atoms with Gasteiger partial charge in [0.05, 0.1) is 5.56 Å². The van der Waals surface area contributed by atoms with Gasteiger partial charge in [-0.2, -0.15) is 13.2 Å². The van der Waals surface area contributed by atoms with Crippen LogP contribution in [0.1, 0.15) is 23.6 Å². The second-order valence-electron chi connectivity index (χ2n) is 7.29. The average molecular weight is 449 g/mol. The molecule has 0 aliphatic carbocycles. The lowest BCUT2D eigenvalue weighted by Crippen LogP contribution is -2.49. The summed E-state index contributed by atoms with van der Waals surface area (Å²) in [5.41, 5.74) is 0.475. The van der Waals surface area contributed by atoms with E-state index in [1.807, 2.05) is 19.1 Å². The minimum absolute atomic E-state index is 0.0361. The molecule has 4 nitrogen and oxygen atoms in total. The Morgan fingerprint density at radius 2 is 1.61 bits per heavy atom. The number of carbonyl (C=O) groups is 2.